The minimum atomic E-state index is -1.66. The third kappa shape index (κ3) is 6.60. The summed E-state index contributed by atoms with van der Waals surface area (Å²) in [6.07, 6.45) is 0. The van der Waals surface area contributed by atoms with E-state index in [1.54, 1.807) is 0 Å². The number of hydrogen-bond acceptors (Lipinski definition) is 2. The Kier molecular flexibility index (Phi) is 6.89. The monoisotopic (exact) mass is 408 g/mol. The Hall–Kier alpha value is -1.92. The van der Waals surface area contributed by atoms with Crippen LogP contribution in [0.4, 0.5) is 0 Å². The largest absolute Gasteiger partial charge is 0.410 e. The Morgan fingerprint density at radius 3 is 1.54 bits per heavy atom. The van der Waals surface area contributed by atoms with Gasteiger partial charge in [0.15, 0.2) is 8.24 Å². The summed E-state index contributed by atoms with van der Waals surface area (Å²) in [5.74, 6) is 0. The molecule has 2 rings (SSSR count). The maximum atomic E-state index is 5.28. The summed E-state index contributed by atoms with van der Waals surface area (Å²) >= 11 is 0. The molecule has 0 heterocycles. The van der Waals surface area contributed by atoms with Crippen LogP contribution in [0.15, 0.2) is 58.8 Å². The predicted octanol–water partition coefficient (Wildman–Crippen LogP) is 6.78. The van der Waals surface area contributed by atoms with E-state index in [0.29, 0.717) is 0 Å². The molecule has 150 valence electrons. The van der Waals surface area contributed by atoms with Gasteiger partial charge in [0.25, 0.3) is 0 Å². The second-order valence-electron chi connectivity index (χ2n) is 9.74. The highest BCUT2D eigenvalue weighted by Crippen LogP contribution is 2.24. The Balaban J connectivity index is 2.73. The van der Waals surface area contributed by atoms with Gasteiger partial charge in [0.2, 0.25) is 0 Å². The molecule has 28 heavy (non-hydrogen) atoms. The number of rotatable bonds is 6. The van der Waals surface area contributed by atoms with Crippen molar-refractivity contribution in [1.29, 1.82) is 0 Å². The van der Waals surface area contributed by atoms with E-state index in [1.807, 2.05) is 0 Å². The molecule has 0 atom stereocenters. The SMILES string of the molecule is CC(=C(/N[Si](C)(C)C)c1ccc(C)cc1)/C(=N/[Si](C)(C)C)c1ccc(C)cc1. The summed E-state index contributed by atoms with van der Waals surface area (Å²) in [5, 5.41) is 0. The summed E-state index contributed by atoms with van der Waals surface area (Å²) in [4.78, 5) is 3.89. The molecular weight excluding hydrogens is 372 g/mol. The minimum Gasteiger partial charge on any atom is -0.410 e. The second kappa shape index (κ2) is 8.62. The van der Waals surface area contributed by atoms with Gasteiger partial charge in [-0.1, -0.05) is 79.3 Å². The van der Waals surface area contributed by atoms with Gasteiger partial charge in [-0.05, 0) is 57.1 Å². The lowest BCUT2D eigenvalue weighted by molar-refractivity contribution is 1.24. The Morgan fingerprint density at radius 2 is 1.14 bits per heavy atom. The summed E-state index contributed by atoms with van der Waals surface area (Å²) in [6.45, 7) is 20.4. The lowest BCUT2D eigenvalue weighted by Gasteiger charge is -2.26. The van der Waals surface area contributed by atoms with Crippen LogP contribution in [0, 0.1) is 13.8 Å². The van der Waals surface area contributed by atoms with Crippen molar-refractivity contribution in [2.75, 3.05) is 0 Å². The normalized spacial score (nSPS) is 14.0. The molecule has 2 nitrogen and oxygen atoms in total. The van der Waals surface area contributed by atoms with Gasteiger partial charge in [-0.3, -0.25) is 0 Å². The van der Waals surface area contributed by atoms with Crippen molar-refractivity contribution in [3.63, 3.8) is 0 Å². The molecule has 0 aromatic heterocycles. The fourth-order valence-electron chi connectivity index (χ4n) is 3.01. The first-order valence-corrected chi connectivity index (χ1v) is 17.0. The van der Waals surface area contributed by atoms with Gasteiger partial charge in [0.1, 0.15) is 8.24 Å². The fraction of sp³-hybridized carbons (Fsp3) is 0.375. The van der Waals surface area contributed by atoms with Gasteiger partial charge in [-0.2, -0.15) is 0 Å². The topological polar surface area (TPSA) is 24.4 Å². The van der Waals surface area contributed by atoms with Crippen LogP contribution in [0.5, 0.6) is 0 Å². The summed E-state index contributed by atoms with van der Waals surface area (Å²) in [7, 11) is -3.20. The Labute approximate surface area is 174 Å². The molecular formula is C24H36N2Si2. The van der Waals surface area contributed by atoms with E-state index in [9.17, 15) is 0 Å². The van der Waals surface area contributed by atoms with Crippen molar-refractivity contribution in [2.45, 2.75) is 60.1 Å². The maximum absolute atomic E-state index is 5.28. The lowest BCUT2D eigenvalue weighted by atomic mass is 9.98. The molecule has 0 saturated carbocycles. The van der Waals surface area contributed by atoms with Crippen LogP contribution in [0.25, 0.3) is 5.70 Å². The van der Waals surface area contributed by atoms with Gasteiger partial charge in [0, 0.05) is 5.70 Å². The number of hydrogen-bond donors (Lipinski definition) is 1. The van der Waals surface area contributed by atoms with Crippen LogP contribution in [-0.4, -0.2) is 22.2 Å². The zero-order chi connectivity index (χ0) is 21.1. The summed E-state index contributed by atoms with van der Waals surface area (Å²) in [6, 6.07) is 17.6. The zero-order valence-electron chi connectivity index (χ0n) is 19.1. The lowest BCUT2D eigenvalue weighted by Crippen LogP contribution is -2.40. The highest BCUT2D eigenvalue weighted by atomic mass is 28.3. The maximum Gasteiger partial charge on any atom is 0.173 e. The van der Waals surface area contributed by atoms with Gasteiger partial charge in [0.05, 0.1) is 5.71 Å². The number of benzene rings is 2. The van der Waals surface area contributed by atoms with E-state index < -0.39 is 16.5 Å². The molecule has 0 radical (unpaired) electrons. The van der Waals surface area contributed by atoms with Crippen LogP contribution in [-0.2, 0) is 0 Å². The summed E-state index contributed by atoms with van der Waals surface area (Å²) in [5.41, 5.74) is 8.57. The third-order valence-corrected chi connectivity index (χ3v) is 6.24. The van der Waals surface area contributed by atoms with Crippen LogP contribution in [0.1, 0.15) is 29.2 Å². The molecule has 0 saturated heterocycles. The van der Waals surface area contributed by atoms with Crippen molar-refractivity contribution in [2.24, 2.45) is 4.66 Å². The van der Waals surface area contributed by atoms with E-state index in [0.717, 1.165) is 5.71 Å². The van der Waals surface area contributed by atoms with Gasteiger partial charge in [-0.15, -0.1) is 0 Å². The average molecular weight is 409 g/mol. The van der Waals surface area contributed by atoms with Crippen LogP contribution in [0.2, 0.25) is 39.3 Å². The van der Waals surface area contributed by atoms with Crippen molar-refractivity contribution < 1.29 is 0 Å². The van der Waals surface area contributed by atoms with E-state index in [1.165, 1.54) is 33.5 Å². The molecule has 0 fully saturated rings. The molecule has 2 aromatic carbocycles. The van der Waals surface area contributed by atoms with Crippen molar-refractivity contribution >= 4 is 27.9 Å². The first-order valence-electron chi connectivity index (χ1n) is 10.1. The van der Waals surface area contributed by atoms with E-state index in [2.05, 4.69) is 114 Å². The highest BCUT2D eigenvalue weighted by molar-refractivity contribution is 6.76. The molecule has 0 amide bonds. The zero-order valence-corrected chi connectivity index (χ0v) is 21.1. The van der Waals surface area contributed by atoms with E-state index in [4.69, 9.17) is 4.66 Å². The molecule has 0 unspecified atom stereocenters. The van der Waals surface area contributed by atoms with Crippen LogP contribution in [0.3, 0.4) is 0 Å². The fourth-order valence-corrected chi connectivity index (χ4v) is 5.06. The number of aryl methyl sites for hydroxylation is 2. The molecule has 0 aliphatic rings. The number of nitrogens with one attached hydrogen (secondary N) is 1. The summed E-state index contributed by atoms with van der Waals surface area (Å²) < 4.78 is 5.28. The smallest absolute Gasteiger partial charge is 0.173 e. The third-order valence-electron chi connectivity index (χ3n) is 4.34. The first-order chi connectivity index (χ1) is 12.9. The van der Waals surface area contributed by atoms with Gasteiger partial charge >= 0.3 is 0 Å². The Bertz CT molecular complexity index is 863. The molecule has 0 bridgehead atoms. The molecule has 1 N–H and O–H groups in total. The van der Waals surface area contributed by atoms with E-state index in [-0.39, 0.29) is 0 Å². The first kappa shape index (κ1) is 22.4. The van der Waals surface area contributed by atoms with Gasteiger partial charge in [-0.25, -0.2) is 0 Å². The van der Waals surface area contributed by atoms with Crippen molar-refractivity contribution in [1.82, 2.24) is 4.98 Å². The van der Waals surface area contributed by atoms with Crippen LogP contribution >= 0.6 is 0 Å². The molecule has 0 aliphatic carbocycles. The molecule has 4 heteroatoms. The quantitative estimate of drug-likeness (QED) is 0.413. The molecule has 0 aliphatic heterocycles. The highest BCUT2D eigenvalue weighted by Gasteiger charge is 2.22. The van der Waals surface area contributed by atoms with Crippen LogP contribution < -0.4 is 4.98 Å². The molecule has 2 aromatic rings. The Morgan fingerprint density at radius 1 is 0.714 bits per heavy atom. The molecule has 0 spiro atoms. The van der Waals surface area contributed by atoms with Gasteiger partial charge < -0.3 is 9.64 Å². The predicted molar refractivity (Wildman–Crippen MR) is 131 cm³/mol. The van der Waals surface area contributed by atoms with E-state index >= 15 is 0 Å². The number of allylic oxidation sites excluding steroid dienone is 1. The van der Waals surface area contributed by atoms with Crippen molar-refractivity contribution in [3.8, 4) is 0 Å². The standard InChI is InChI=1S/C24H36N2Si2/c1-18-10-14-21(15-11-18)23(25-27(4,5)6)20(3)24(26-28(7,8)9)22-16-12-19(2)13-17-22/h10-17,25H,1-9H3/b23-20-,26-24-. The van der Waals surface area contributed by atoms with Crippen molar-refractivity contribution in [3.05, 3.63) is 76.4 Å². The average Bonchev–Trinajstić information content (AvgIpc) is 2.57. The second-order valence-corrected chi connectivity index (χ2v) is 19.1. The minimum absolute atomic E-state index is 1.13. The number of nitrogens with zero attached hydrogens (tertiary/aromatic N) is 1.